The largest absolute Gasteiger partial charge is 0.329 e. The zero-order valence-electron chi connectivity index (χ0n) is 17.5. The molecule has 7 nitrogen and oxygen atoms in total. The topological polar surface area (TPSA) is 82.6 Å². The quantitative estimate of drug-likeness (QED) is 0.572. The number of nitrogens with one attached hydrogen (secondary N) is 1. The summed E-state index contributed by atoms with van der Waals surface area (Å²) in [7, 11) is -1.81. The van der Waals surface area contributed by atoms with Gasteiger partial charge in [0, 0.05) is 37.7 Å². The Bertz CT molecular complexity index is 1210. The van der Waals surface area contributed by atoms with Gasteiger partial charge in [-0.15, -0.1) is 0 Å². The Morgan fingerprint density at radius 1 is 1.06 bits per heavy atom. The maximum Gasteiger partial charge on any atom is 0.257 e. The van der Waals surface area contributed by atoms with E-state index in [-0.39, 0.29) is 9.92 Å². The lowest BCUT2D eigenvalue weighted by Gasteiger charge is -2.18. The predicted molar refractivity (Wildman–Crippen MR) is 126 cm³/mol. The molecule has 0 saturated carbocycles. The Hall–Kier alpha value is -2.94. The van der Waals surface area contributed by atoms with Gasteiger partial charge < -0.3 is 10.2 Å². The Balaban J connectivity index is 1.50. The van der Waals surface area contributed by atoms with E-state index in [9.17, 15) is 13.2 Å². The Morgan fingerprint density at radius 3 is 2.44 bits per heavy atom. The van der Waals surface area contributed by atoms with Gasteiger partial charge in [-0.1, -0.05) is 29.8 Å². The van der Waals surface area contributed by atoms with Crippen LogP contribution in [0, 0.1) is 0 Å². The molecule has 1 saturated heterocycles. The molecule has 1 aliphatic heterocycles. The standard InChI is InChI=1S/C23H23ClN4O3S/c1-27(19-7-3-2-4-8-19)22-12-9-17(16-25-22)23(29)26-18-10-11-20(24)21(15-18)32(30,31)28-13-5-6-14-28/h2-4,7-12,15-16H,5-6,13-14H2,1H3,(H,26,29). The molecule has 1 fully saturated rings. The first kappa shape index (κ1) is 22.3. The van der Waals surface area contributed by atoms with Crippen LogP contribution in [0.2, 0.25) is 5.02 Å². The second-order valence-corrected chi connectivity index (χ2v) is 9.82. The Kier molecular flexibility index (Phi) is 6.45. The van der Waals surface area contributed by atoms with E-state index in [4.69, 9.17) is 11.6 Å². The molecule has 0 atom stereocenters. The number of benzene rings is 2. The van der Waals surface area contributed by atoms with E-state index < -0.39 is 15.9 Å². The van der Waals surface area contributed by atoms with E-state index >= 15 is 0 Å². The van der Waals surface area contributed by atoms with Crippen LogP contribution in [0.5, 0.6) is 0 Å². The third kappa shape index (κ3) is 4.62. The zero-order chi connectivity index (χ0) is 22.7. The summed E-state index contributed by atoms with van der Waals surface area (Å²) in [5.41, 5.74) is 1.68. The Labute approximate surface area is 192 Å². The number of halogens is 1. The van der Waals surface area contributed by atoms with Crippen molar-refractivity contribution in [2.75, 3.05) is 30.4 Å². The van der Waals surface area contributed by atoms with Crippen molar-refractivity contribution in [3.05, 3.63) is 77.4 Å². The number of amides is 1. The average molecular weight is 471 g/mol. The molecule has 0 aliphatic carbocycles. The highest BCUT2D eigenvalue weighted by atomic mass is 35.5. The molecule has 2 heterocycles. The molecule has 32 heavy (non-hydrogen) atoms. The molecular formula is C23H23ClN4O3S. The molecular weight excluding hydrogens is 448 g/mol. The predicted octanol–water partition coefficient (Wildman–Crippen LogP) is 4.54. The van der Waals surface area contributed by atoms with Gasteiger partial charge in [0.25, 0.3) is 5.91 Å². The maximum absolute atomic E-state index is 12.9. The van der Waals surface area contributed by atoms with Gasteiger partial charge in [0.2, 0.25) is 10.0 Å². The Morgan fingerprint density at radius 2 is 1.78 bits per heavy atom. The molecule has 1 aromatic heterocycles. The number of rotatable bonds is 6. The van der Waals surface area contributed by atoms with Crippen LogP contribution in [0.15, 0.2) is 71.8 Å². The normalized spacial score (nSPS) is 14.3. The van der Waals surface area contributed by atoms with Gasteiger partial charge in [0.05, 0.1) is 10.6 Å². The van der Waals surface area contributed by atoms with Gasteiger partial charge in [-0.3, -0.25) is 4.79 Å². The number of nitrogens with zero attached hydrogens (tertiary/aromatic N) is 3. The van der Waals surface area contributed by atoms with Crippen LogP contribution in [-0.2, 0) is 10.0 Å². The van der Waals surface area contributed by atoms with Gasteiger partial charge in [0.15, 0.2) is 0 Å². The summed E-state index contributed by atoms with van der Waals surface area (Å²) in [4.78, 5) is 19.0. The minimum atomic E-state index is -3.70. The third-order valence-corrected chi connectivity index (χ3v) is 7.75. The van der Waals surface area contributed by atoms with Crippen LogP contribution in [0.25, 0.3) is 0 Å². The highest BCUT2D eigenvalue weighted by Gasteiger charge is 2.29. The van der Waals surface area contributed by atoms with Crippen LogP contribution in [0.4, 0.5) is 17.2 Å². The fourth-order valence-corrected chi connectivity index (χ4v) is 5.57. The summed E-state index contributed by atoms with van der Waals surface area (Å²) >= 11 is 6.18. The average Bonchev–Trinajstić information content (AvgIpc) is 3.36. The van der Waals surface area contributed by atoms with Gasteiger partial charge in [-0.2, -0.15) is 4.31 Å². The van der Waals surface area contributed by atoms with Gasteiger partial charge in [0.1, 0.15) is 10.7 Å². The van der Waals surface area contributed by atoms with E-state index in [1.165, 1.54) is 22.6 Å². The molecule has 1 amide bonds. The van der Waals surface area contributed by atoms with E-state index in [2.05, 4.69) is 10.3 Å². The number of hydrogen-bond donors (Lipinski definition) is 1. The summed E-state index contributed by atoms with van der Waals surface area (Å²) in [5, 5.41) is 2.86. The maximum atomic E-state index is 12.9. The summed E-state index contributed by atoms with van der Waals surface area (Å²) in [6.07, 6.45) is 3.15. The molecule has 166 valence electrons. The van der Waals surface area contributed by atoms with Gasteiger partial charge in [-0.05, 0) is 55.3 Å². The second kappa shape index (κ2) is 9.28. The van der Waals surface area contributed by atoms with Crippen LogP contribution in [-0.4, -0.2) is 43.8 Å². The van der Waals surface area contributed by atoms with Crippen molar-refractivity contribution in [2.45, 2.75) is 17.7 Å². The number of carbonyl (C=O) groups is 1. The minimum absolute atomic E-state index is 0.00294. The number of aromatic nitrogens is 1. The summed E-state index contributed by atoms with van der Waals surface area (Å²) in [6, 6.07) is 17.7. The number of anilines is 3. The van der Waals surface area contributed by atoms with Crippen LogP contribution >= 0.6 is 11.6 Å². The van der Waals surface area contributed by atoms with Crippen molar-refractivity contribution in [1.29, 1.82) is 0 Å². The van der Waals surface area contributed by atoms with Crippen molar-refractivity contribution in [3.8, 4) is 0 Å². The lowest BCUT2D eigenvalue weighted by Crippen LogP contribution is -2.28. The summed E-state index contributed by atoms with van der Waals surface area (Å²) in [6.45, 7) is 0.954. The summed E-state index contributed by atoms with van der Waals surface area (Å²) < 4.78 is 27.2. The lowest BCUT2D eigenvalue weighted by molar-refractivity contribution is 0.102. The smallest absolute Gasteiger partial charge is 0.257 e. The van der Waals surface area contributed by atoms with E-state index in [1.807, 2.05) is 42.3 Å². The minimum Gasteiger partial charge on any atom is -0.329 e. The molecule has 1 N–H and O–H groups in total. The number of para-hydroxylation sites is 1. The molecule has 0 unspecified atom stereocenters. The van der Waals surface area contributed by atoms with Gasteiger partial charge in [-0.25, -0.2) is 13.4 Å². The van der Waals surface area contributed by atoms with E-state index in [1.54, 1.807) is 18.2 Å². The van der Waals surface area contributed by atoms with Crippen LogP contribution in [0.1, 0.15) is 23.2 Å². The first-order valence-electron chi connectivity index (χ1n) is 10.2. The number of sulfonamides is 1. The summed E-state index contributed by atoms with van der Waals surface area (Å²) in [5.74, 6) is 0.302. The number of hydrogen-bond acceptors (Lipinski definition) is 5. The molecule has 4 rings (SSSR count). The SMILES string of the molecule is CN(c1ccccc1)c1ccc(C(=O)Nc2ccc(Cl)c(S(=O)(=O)N3CCCC3)c2)cn1. The second-order valence-electron chi connectivity index (χ2n) is 7.51. The van der Waals surface area contributed by atoms with Gasteiger partial charge >= 0.3 is 0 Å². The van der Waals surface area contributed by atoms with Crippen LogP contribution in [0.3, 0.4) is 0 Å². The first-order chi connectivity index (χ1) is 15.4. The van der Waals surface area contributed by atoms with Crippen LogP contribution < -0.4 is 10.2 Å². The van der Waals surface area contributed by atoms with Crippen molar-refractivity contribution in [1.82, 2.24) is 9.29 Å². The highest BCUT2D eigenvalue weighted by Crippen LogP contribution is 2.30. The fourth-order valence-electron chi connectivity index (χ4n) is 3.55. The molecule has 0 radical (unpaired) electrons. The van der Waals surface area contributed by atoms with E-state index in [0.29, 0.717) is 30.2 Å². The molecule has 1 aliphatic rings. The highest BCUT2D eigenvalue weighted by molar-refractivity contribution is 7.89. The molecule has 0 spiro atoms. The molecule has 2 aromatic carbocycles. The fraction of sp³-hybridized carbons (Fsp3) is 0.217. The van der Waals surface area contributed by atoms with E-state index in [0.717, 1.165) is 18.5 Å². The van der Waals surface area contributed by atoms with Crippen molar-refractivity contribution < 1.29 is 13.2 Å². The zero-order valence-corrected chi connectivity index (χ0v) is 19.1. The molecule has 0 bridgehead atoms. The third-order valence-electron chi connectivity index (χ3n) is 5.37. The molecule has 9 heteroatoms. The monoisotopic (exact) mass is 470 g/mol. The van der Waals surface area contributed by atoms with Crippen molar-refractivity contribution in [3.63, 3.8) is 0 Å². The lowest BCUT2D eigenvalue weighted by atomic mass is 10.2. The molecule has 3 aromatic rings. The van der Waals surface area contributed by atoms with Crippen molar-refractivity contribution in [2.24, 2.45) is 0 Å². The number of pyridine rings is 1. The van der Waals surface area contributed by atoms with Crippen molar-refractivity contribution >= 4 is 44.7 Å². The number of carbonyl (C=O) groups excluding carboxylic acids is 1. The first-order valence-corrected chi connectivity index (χ1v) is 12.0.